The summed E-state index contributed by atoms with van der Waals surface area (Å²) in [5.41, 5.74) is 1.20. The van der Waals surface area contributed by atoms with Gasteiger partial charge < -0.3 is 0 Å². The number of carbonyl (C=O) groups excluding carboxylic acids is 1. The highest BCUT2D eigenvalue weighted by Crippen LogP contribution is 2.25. The summed E-state index contributed by atoms with van der Waals surface area (Å²) in [7, 11) is -3.83. The third kappa shape index (κ3) is 4.65. The summed E-state index contributed by atoms with van der Waals surface area (Å²) in [4.78, 5) is 12.5. The number of para-hydroxylation sites is 1. The van der Waals surface area contributed by atoms with Gasteiger partial charge in [0, 0.05) is 11.3 Å². The number of nitrogens with one attached hydrogen (secondary N) is 2. The van der Waals surface area contributed by atoms with E-state index < -0.39 is 15.9 Å². The molecule has 0 bridgehead atoms. The maximum atomic E-state index is 12.7. The van der Waals surface area contributed by atoms with Crippen LogP contribution in [0.1, 0.15) is 15.9 Å². The molecular formula is C17H16N4O3S3. The van der Waals surface area contributed by atoms with Crippen LogP contribution < -0.4 is 10.0 Å². The third-order valence-electron chi connectivity index (χ3n) is 3.57. The van der Waals surface area contributed by atoms with Crippen molar-refractivity contribution in [2.45, 2.75) is 16.2 Å². The zero-order chi connectivity index (χ0) is 19.4. The lowest BCUT2D eigenvalue weighted by Gasteiger charge is -2.12. The van der Waals surface area contributed by atoms with Crippen molar-refractivity contribution in [2.24, 2.45) is 0 Å². The molecule has 2 N–H and O–H groups in total. The minimum absolute atomic E-state index is 0.0427. The predicted octanol–water partition coefficient (Wildman–Crippen LogP) is 3.62. The van der Waals surface area contributed by atoms with E-state index in [0.29, 0.717) is 16.4 Å². The average Bonchev–Trinajstić information content (AvgIpc) is 3.10. The number of aryl methyl sites for hydroxylation is 1. The first-order chi connectivity index (χ1) is 12.9. The number of amides is 1. The zero-order valence-electron chi connectivity index (χ0n) is 14.5. The largest absolute Gasteiger partial charge is 0.296 e. The SMILES string of the molecule is CSc1nnc(NC(=O)c2ccc(C)c(S(=O)(=O)Nc3ccccc3)c2)s1. The quantitative estimate of drug-likeness (QED) is 0.467. The Labute approximate surface area is 165 Å². The standard InChI is InChI=1S/C17H16N4O3S3/c1-11-8-9-12(15(22)18-16-19-20-17(25-2)26-16)10-14(11)27(23,24)21-13-6-4-3-5-7-13/h3-10,21H,1-2H3,(H,18,19,22). The smallest absolute Gasteiger partial charge is 0.262 e. The number of hydrogen-bond donors (Lipinski definition) is 2. The first-order valence-corrected chi connectivity index (χ1v) is 11.3. The Bertz CT molecular complexity index is 1070. The summed E-state index contributed by atoms with van der Waals surface area (Å²) in [6.45, 7) is 1.68. The van der Waals surface area contributed by atoms with Gasteiger partial charge in [-0.25, -0.2) is 8.42 Å². The van der Waals surface area contributed by atoms with Crippen molar-refractivity contribution in [3.63, 3.8) is 0 Å². The molecule has 2 aromatic carbocycles. The van der Waals surface area contributed by atoms with Gasteiger partial charge in [0.05, 0.1) is 4.90 Å². The molecule has 1 amide bonds. The van der Waals surface area contributed by atoms with Crippen molar-refractivity contribution in [3.05, 3.63) is 59.7 Å². The molecule has 0 aliphatic rings. The fourth-order valence-corrected chi connectivity index (χ4v) is 4.75. The Hall–Kier alpha value is -2.43. The van der Waals surface area contributed by atoms with Gasteiger partial charge in [-0.15, -0.1) is 10.2 Å². The summed E-state index contributed by atoms with van der Waals surface area (Å²) < 4.78 is 28.7. The highest BCUT2D eigenvalue weighted by molar-refractivity contribution is 8.00. The van der Waals surface area contributed by atoms with Crippen molar-refractivity contribution < 1.29 is 13.2 Å². The van der Waals surface area contributed by atoms with Crippen LogP contribution in [0.5, 0.6) is 0 Å². The van der Waals surface area contributed by atoms with Crippen LogP contribution >= 0.6 is 23.1 Å². The highest BCUT2D eigenvalue weighted by atomic mass is 32.2. The second-order valence-corrected chi connectivity index (χ2v) is 9.16. The number of nitrogens with zero attached hydrogens (tertiary/aromatic N) is 2. The van der Waals surface area contributed by atoms with Crippen LogP contribution in [0.15, 0.2) is 57.8 Å². The number of sulfonamides is 1. The van der Waals surface area contributed by atoms with Crippen LogP contribution in [-0.2, 0) is 10.0 Å². The molecule has 10 heteroatoms. The minimum atomic E-state index is -3.83. The molecule has 1 heterocycles. The van der Waals surface area contributed by atoms with E-state index in [0.717, 1.165) is 4.34 Å². The number of hydrogen-bond acceptors (Lipinski definition) is 7. The Morgan fingerprint density at radius 2 is 1.85 bits per heavy atom. The van der Waals surface area contributed by atoms with Gasteiger partial charge in [-0.2, -0.15) is 0 Å². The molecule has 3 aromatic rings. The van der Waals surface area contributed by atoms with E-state index in [1.165, 1.54) is 29.2 Å². The van der Waals surface area contributed by atoms with Gasteiger partial charge in [0.2, 0.25) is 5.13 Å². The molecule has 1 aromatic heterocycles. The zero-order valence-corrected chi connectivity index (χ0v) is 16.9. The van der Waals surface area contributed by atoms with E-state index in [2.05, 4.69) is 20.2 Å². The van der Waals surface area contributed by atoms with Crippen LogP contribution in [0.25, 0.3) is 0 Å². The second-order valence-electron chi connectivity index (χ2n) is 5.48. The first kappa shape index (κ1) is 19.3. The molecule has 27 heavy (non-hydrogen) atoms. The van der Waals surface area contributed by atoms with Gasteiger partial charge in [0.25, 0.3) is 15.9 Å². The van der Waals surface area contributed by atoms with Crippen LogP contribution in [-0.4, -0.2) is 30.8 Å². The van der Waals surface area contributed by atoms with Crippen molar-refractivity contribution in [1.29, 1.82) is 0 Å². The lowest BCUT2D eigenvalue weighted by molar-refractivity contribution is 0.102. The van der Waals surface area contributed by atoms with Gasteiger partial charge >= 0.3 is 0 Å². The Morgan fingerprint density at radius 3 is 2.52 bits per heavy atom. The van der Waals surface area contributed by atoms with E-state index in [1.54, 1.807) is 49.4 Å². The Balaban J connectivity index is 1.86. The summed E-state index contributed by atoms with van der Waals surface area (Å²) in [5, 5.41) is 10.8. The molecule has 0 saturated heterocycles. The van der Waals surface area contributed by atoms with Crippen LogP contribution in [0.3, 0.4) is 0 Å². The van der Waals surface area contributed by atoms with Gasteiger partial charge in [0.1, 0.15) is 0 Å². The van der Waals surface area contributed by atoms with Crippen LogP contribution in [0, 0.1) is 6.92 Å². The fraction of sp³-hybridized carbons (Fsp3) is 0.118. The molecule has 0 aliphatic carbocycles. The Kier molecular flexibility index (Phi) is 5.78. The van der Waals surface area contributed by atoms with E-state index in [1.807, 2.05) is 6.26 Å². The number of aromatic nitrogens is 2. The van der Waals surface area contributed by atoms with Gasteiger partial charge in [0.15, 0.2) is 4.34 Å². The molecule has 0 unspecified atom stereocenters. The monoisotopic (exact) mass is 420 g/mol. The van der Waals surface area contributed by atoms with Crippen molar-refractivity contribution in [1.82, 2.24) is 10.2 Å². The van der Waals surface area contributed by atoms with E-state index in [-0.39, 0.29) is 10.5 Å². The molecular weight excluding hydrogens is 404 g/mol. The fourth-order valence-electron chi connectivity index (χ4n) is 2.26. The third-order valence-corrected chi connectivity index (χ3v) is 6.90. The van der Waals surface area contributed by atoms with E-state index in [9.17, 15) is 13.2 Å². The minimum Gasteiger partial charge on any atom is -0.296 e. The first-order valence-electron chi connectivity index (χ1n) is 7.76. The number of rotatable bonds is 6. The Morgan fingerprint density at radius 1 is 1.11 bits per heavy atom. The van der Waals surface area contributed by atoms with Crippen LogP contribution in [0.4, 0.5) is 10.8 Å². The molecule has 7 nitrogen and oxygen atoms in total. The van der Waals surface area contributed by atoms with Gasteiger partial charge in [-0.05, 0) is 43.0 Å². The molecule has 0 saturated carbocycles. The maximum Gasteiger partial charge on any atom is 0.262 e. The summed E-state index contributed by atoms with van der Waals surface area (Å²) >= 11 is 2.68. The lowest BCUT2D eigenvalue weighted by atomic mass is 10.1. The normalized spacial score (nSPS) is 11.2. The summed E-state index contributed by atoms with van der Waals surface area (Å²) in [6.07, 6.45) is 1.86. The molecule has 0 fully saturated rings. The molecule has 0 spiro atoms. The summed E-state index contributed by atoms with van der Waals surface area (Å²) in [6, 6.07) is 13.1. The number of anilines is 2. The number of benzene rings is 2. The predicted molar refractivity (Wildman–Crippen MR) is 108 cm³/mol. The van der Waals surface area contributed by atoms with Crippen LogP contribution in [0.2, 0.25) is 0 Å². The van der Waals surface area contributed by atoms with E-state index in [4.69, 9.17) is 0 Å². The number of thioether (sulfide) groups is 1. The van der Waals surface area contributed by atoms with Gasteiger partial charge in [-0.1, -0.05) is 47.4 Å². The molecule has 0 atom stereocenters. The van der Waals surface area contributed by atoms with Gasteiger partial charge in [-0.3, -0.25) is 14.8 Å². The van der Waals surface area contributed by atoms with Crippen molar-refractivity contribution in [3.8, 4) is 0 Å². The molecule has 140 valence electrons. The van der Waals surface area contributed by atoms with Crippen molar-refractivity contribution >= 4 is 49.8 Å². The van der Waals surface area contributed by atoms with E-state index >= 15 is 0 Å². The maximum absolute atomic E-state index is 12.7. The summed E-state index contributed by atoms with van der Waals surface area (Å²) in [5.74, 6) is -0.449. The highest BCUT2D eigenvalue weighted by Gasteiger charge is 2.20. The lowest BCUT2D eigenvalue weighted by Crippen LogP contribution is -2.17. The topological polar surface area (TPSA) is 101 Å². The average molecular weight is 421 g/mol. The number of carbonyl (C=O) groups is 1. The molecule has 3 rings (SSSR count). The second kappa shape index (κ2) is 8.07. The molecule has 0 aliphatic heterocycles. The molecule has 0 radical (unpaired) electrons. The van der Waals surface area contributed by atoms with Crippen molar-refractivity contribution in [2.75, 3.05) is 16.3 Å².